The molecule has 8 heteroatoms. The van der Waals surface area contributed by atoms with Gasteiger partial charge in [-0.3, -0.25) is 4.79 Å². The van der Waals surface area contributed by atoms with Crippen LogP contribution in [0.25, 0.3) is 0 Å². The molecule has 0 spiro atoms. The van der Waals surface area contributed by atoms with Crippen LogP contribution in [0.1, 0.15) is 23.6 Å². The summed E-state index contributed by atoms with van der Waals surface area (Å²) in [6, 6.07) is 7.29. The average Bonchev–Trinajstić information content (AvgIpc) is 3.29. The summed E-state index contributed by atoms with van der Waals surface area (Å²) < 4.78 is 22.2. The number of nitrogens with zero attached hydrogens (tertiary/aromatic N) is 2. The van der Waals surface area contributed by atoms with E-state index in [0.29, 0.717) is 28.7 Å². The van der Waals surface area contributed by atoms with Gasteiger partial charge in [-0.25, -0.2) is 0 Å². The maximum absolute atomic E-state index is 12.1. The molecule has 132 valence electrons. The van der Waals surface area contributed by atoms with Gasteiger partial charge in [-0.1, -0.05) is 6.07 Å². The van der Waals surface area contributed by atoms with E-state index in [2.05, 4.69) is 5.10 Å². The van der Waals surface area contributed by atoms with Crippen LogP contribution < -0.4 is 14.2 Å². The van der Waals surface area contributed by atoms with Crippen molar-refractivity contribution in [1.82, 2.24) is 5.01 Å². The third kappa shape index (κ3) is 3.00. The molecular formula is C17H18N2O5S. The van der Waals surface area contributed by atoms with Gasteiger partial charge < -0.3 is 18.9 Å². The zero-order valence-electron chi connectivity index (χ0n) is 14.3. The minimum atomic E-state index is -0.746. The molecule has 0 aliphatic carbocycles. The monoisotopic (exact) mass is 362 g/mol. The topological polar surface area (TPSA) is 69.6 Å². The molecule has 2 aromatic rings. The summed E-state index contributed by atoms with van der Waals surface area (Å²) >= 11 is 1.49. The third-order valence-electron chi connectivity index (χ3n) is 3.70. The van der Waals surface area contributed by atoms with Gasteiger partial charge in [0.05, 0.1) is 31.8 Å². The molecule has 0 bridgehead atoms. The quantitative estimate of drug-likeness (QED) is 0.818. The number of thiophene rings is 1. The Balaban J connectivity index is 2.05. The molecule has 1 aliphatic heterocycles. The molecule has 0 saturated heterocycles. The molecule has 25 heavy (non-hydrogen) atoms. The Morgan fingerprint density at radius 2 is 1.92 bits per heavy atom. The van der Waals surface area contributed by atoms with E-state index in [4.69, 9.17) is 18.9 Å². The number of ether oxygens (including phenoxy) is 4. The van der Waals surface area contributed by atoms with Gasteiger partial charge >= 0.3 is 0 Å². The van der Waals surface area contributed by atoms with Crippen molar-refractivity contribution < 1.29 is 23.7 Å². The van der Waals surface area contributed by atoms with Gasteiger partial charge in [0.25, 0.3) is 5.90 Å². The van der Waals surface area contributed by atoms with Crippen molar-refractivity contribution in [2.75, 3.05) is 21.3 Å². The van der Waals surface area contributed by atoms with E-state index in [0.717, 1.165) is 4.88 Å². The van der Waals surface area contributed by atoms with Crippen LogP contribution in [0.5, 0.6) is 17.2 Å². The van der Waals surface area contributed by atoms with E-state index in [1.807, 2.05) is 17.5 Å². The normalized spacial score (nSPS) is 16.2. The number of hydrazone groups is 1. The first-order chi connectivity index (χ1) is 12.1. The van der Waals surface area contributed by atoms with E-state index in [-0.39, 0.29) is 5.91 Å². The van der Waals surface area contributed by atoms with Gasteiger partial charge in [0.1, 0.15) is 0 Å². The molecule has 1 aliphatic rings. The van der Waals surface area contributed by atoms with Gasteiger partial charge in [-0.2, -0.15) is 5.01 Å². The van der Waals surface area contributed by atoms with Crippen LogP contribution in [0.15, 0.2) is 34.7 Å². The van der Waals surface area contributed by atoms with Crippen molar-refractivity contribution in [1.29, 1.82) is 0 Å². The second-order valence-corrected chi connectivity index (χ2v) is 6.09. The van der Waals surface area contributed by atoms with Crippen LogP contribution in [-0.2, 0) is 9.53 Å². The lowest BCUT2D eigenvalue weighted by atomic mass is 10.1. The Hall–Kier alpha value is -2.74. The predicted molar refractivity (Wildman–Crippen MR) is 93.3 cm³/mol. The lowest BCUT2D eigenvalue weighted by molar-refractivity contribution is -0.135. The molecule has 1 aromatic heterocycles. The van der Waals surface area contributed by atoms with Gasteiger partial charge in [0.2, 0.25) is 17.9 Å². The summed E-state index contributed by atoms with van der Waals surface area (Å²) in [5, 5.41) is 7.53. The maximum Gasteiger partial charge on any atom is 0.251 e. The number of carbonyl (C=O) groups is 1. The predicted octanol–water partition coefficient (Wildman–Crippen LogP) is 3.01. The molecule has 1 aromatic carbocycles. The van der Waals surface area contributed by atoms with Gasteiger partial charge in [-0.05, 0) is 23.6 Å². The van der Waals surface area contributed by atoms with Crippen molar-refractivity contribution in [3.63, 3.8) is 0 Å². The SMILES string of the molecule is COc1ccc(C2OC(c3cccs3)=NN2C(C)=O)c(OC)c1OC. The van der Waals surface area contributed by atoms with E-state index in [1.165, 1.54) is 37.5 Å². The van der Waals surface area contributed by atoms with Crippen molar-refractivity contribution in [2.24, 2.45) is 5.10 Å². The van der Waals surface area contributed by atoms with Crippen molar-refractivity contribution in [2.45, 2.75) is 13.2 Å². The summed E-state index contributed by atoms with van der Waals surface area (Å²) in [4.78, 5) is 12.9. The second kappa shape index (κ2) is 7.02. The summed E-state index contributed by atoms with van der Waals surface area (Å²) in [5.41, 5.74) is 0.616. The van der Waals surface area contributed by atoms with Crippen molar-refractivity contribution >= 4 is 23.1 Å². The molecule has 2 heterocycles. The van der Waals surface area contributed by atoms with Crippen LogP contribution >= 0.6 is 11.3 Å². The molecule has 1 unspecified atom stereocenters. The molecule has 1 amide bonds. The number of benzene rings is 1. The maximum atomic E-state index is 12.1. The highest BCUT2D eigenvalue weighted by Crippen LogP contribution is 2.45. The van der Waals surface area contributed by atoms with Crippen LogP contribution in [0.2, 0.25) is 0 Å². The molecular weight excluding hydrogens is 344 g/mol. The Kier molecular flexibility index (Phi) is 4.80. The molecule has 3 rings (SSSR count). The van der Waals surface area contributed by atoms with E-state index in [9.17, 15) is 4.79 Å². The summed E-state index contributed by atoms with van der Waals surface area (Å²) in [5.74, 6) is 1.54. The summed E-state index contributed by atoms with van der Waals surface area (Å²) in [6.45, 7) is 1.43. The number of carbonyl (C=O) groups excluding carboxylic acids is 1. The van der Waals surface area contributed by atoms with Gasteiger partial charge in [-0.15, -0.1) is 16.4 Å². The summed E-state index contributed by atoms with van der Waals surface area (Å²) in [6.07, 6.45) is -0.746. The largest absolute Gasteiger partial charge is 0.493 e. The fourth-order valence-electron chi connectivity index (χ4n) is 2.59. The number of methoxy groups -OCH3 is 3. The third-order valence-corrected chi connectivity index (χ3v) is 4.56. The fraction of sp³-hybridized carbons (Fsp3) is 0.294. The minimum Gasteiger partial charge on any atom is -0.493 e. The van der Waals surface area contributed by atoms with Crippen LogP contribution in [0, 0.1) is 0 Å². The van der Waals surface area contributed by atoms with Crippen LogP contribution in [0.4, 0.5) is 0 Å². The van der Waals surface area contributed by atoms with Gasteiger partial charge in [0, 0.05) is 6.92 Å². The summed E-state index contributed by atoms with van der Waals surface area (Å²) in [7, 11) is 4.59. The Morgan fingerprint density at radius 1 is 1.16 bits per heavy atom. The highest BCUT2D eigenvalue weighted by molar-refractivity contribution is 7.12. The molecule has 1 atom stereocenters. The lowest BCUT2D eigenvalue weighted by Gasteiger charge is -2.23. The zero-order chi connectivity index (χ0) is 18.0. The first kappa shape index (κ1) is 17.1. The minimum absolute atomic E-state index is 0.242. The molecule has 0 N–H and O–H groups in total. The van der Waals surface area contributed by atoms with E-state index in [1.54, 1.807) is 19.2 Å². The number of hydrogen-bond donors (Lipinski definition) is 0. The highest BCUT2D eigenvalue weighted by atomic mass is 32.1. The van der Waals surface area contributed by atoms with Gasteiger partial charge in [0.15, 0.2) is 11.5 Å². The first-order valence-corrected chi connectivity index (χ1v) is 8.36. The molecule has 0 radical (unpaired) electrons. The number of amides is 1. The lowest BCUT2D eigenvalue weighted by Crippen LogP contribution is -2.25. The highest BCUT2D eigenvalue weighted by Gasteiger charge is 2.36. The van der Waals surface area contributed by atoms with Crippen LogP contribution in [-0.4, -0.2) is 38.1 Å². The molecule has 0 fully saturated rings. The van der Waals surface area contributed by atoms with Crippen molar-refractivity contribution in [3.8, 4) is 17.2 Å². The van der Waals surface area contributed by atoms with Crippen molar-refractivity contribution in [3.05, 3.63) is 40.1 Å². The average molecular weight is 362 g/mol. The smallest absolute Gasteiger partial charge is 0.251 e. The first-order valence-electron chi connectivity index (χ1n) is 7.48. The molecule has 7 nitrogen and oxygen atoms in total. The Labute approximate surface area is 149 Å². The number of hydrogen-bond acceptors (Lipinski definition) is 7. The second-order valence-electron chi connectivity index (χ2n) is 5.14. The van der Waals surface area contributed by atoms with Crippen LogP contribution in [0.3, 0.4) is 0 Å². The van der Waals surface area contributed by atoms with E-state index >= 15 is 0 Å². The number of rotatable bonds is 5. The standard InChI is InChI=1S/C17H18N2O5S/c1-10(20)19-17(24-16(18-19)13-6-5-9-25-13)11-7-8-12(21-2)15(23-4)14(11)22-3/h5-9,17H,1-4H3. The van der Waals surface area contributed by atoms with E-state index < -0.39 is 6.23 Å². The Morgan fingerprint density at radius 3 is 2.48 bits per heavy atom. The molecule has 0 saturated carbocycles. The zero-order valence-corrected chi connectivity index (χ0v) is 15.1. The fourth-order valence-corrected chi connectivity index (χ4v) is 3.24. The Bertz CT molecular complexity index is 804.